The number of hydrogen-bond acceptors (Lipinski definition) is 4. The van der Waals surface area contributed by atoms with Gasteiger partial charge in [0, 0.05) is 5.38 Å². The predicted molar refractivity (Wildman–Crippen MR) is 65.6 cm³/mol. The van der Waals surface area contributed by atoms with Gasteiger partial charge in [-0.15, -0.1) is 11.3 Å². The second-order valence-corrected chi connectivity index (χ2v) is 4.47. The van der Waals surface area contributed by atoms with Crippen LogP contribution in [-0.2, 0) is 0 Å². The third kappa shape index (κ3) is 2.42. The minimum atomic E-state index is -0.565. The molecule has 6 heteroatoms. The highest BCUT2D eigenvalue weighted by Gasteiger charge is 2.13. The van der Waals surface area contributed by atoms with Crippen LogP contribution in [0.3, 0.4) is 0 Å². The van der Waals surface area contributed by atoms with E-state index < -0.39 is 11.7 Å². The number of halogens is 1. The minimum Gasteiger partial charge on any atom is -0.397 e. The first-order chi connectivity index (χ1) is 8.08. The zero-order valence-electron chi connectivity index (χ0n) is 9.03. The molecule has 0 radical (unpaired) electrons. The Morgan fingerprint density at radius 3 is 2.88 bits per heavy atom. The standard InChI is InChI=1S/C11H10FN3OS/c1-6-14-9(5-17-6)11(16)15-10-7(12)3-2-4-8(10)13/h2-5H,13H2,1H3,(H,15,16). The van der Waals surface area contributed by atoms with Crippen molar-refractivity contribution in [2.45, 2.75) is 6.92 Å². The molecule has 2 aromatic rings. The average Bonchev–Trinajstić information content (AvgIpc) is 2.70. The third-order valence-electron chi connectivity index (χ3n) is 2.14. The van der Waals surface area contributed by atoms with Gasteiger partial charge < -0.3 is 11.1 Å². The molecule has 0 atom stereocenters. The largest absolute Gasteiger partial charge is 0.397 e. The number of carbonyl (C=O) groups excluding carboxylic acids is 1. The Morgan fingerprint density at radius 1 is 1.53 bits per heavy atom. The zero-order chi connectivity index (χ0) is 12.4. The van der Waals surface area contributed by atoms with Gasteiger partial charge in [0.15, 0.2) is 0 Å². The van der Waals surface area contributed by atoms with Crippen LogP contribution < -0.4 is 11.1 Å². The second-order valence-electron chi connectivity index (χ2n) is 3.41. The molecule has 1 aromatic carbocycles. The lowest BCUT2D eigenvalue weighted by Crippen LogP contribution is -2.14. The van der Waals surface area contributed by atoms with Crippen LogP contribution in [0.2, 0.25) is 0 Å². The molecule has 88 valence electrons. The fourth-order valence-electron chi connectivity index (χ4n) is 1.32. The Labute approximate surface area is 101 Å². The number of para-hydroxylation sites is 1. The molecule has 3 N–H and O–H groups in total. The Kier molecular flexibility index (Phi) is 3.06. The van der Waals surface area contributed by atoms with Crippen molar-refractivity contribution in [1.29, 1.82) is 0 Å². The summed E-state index contributed by atoms with van der Waals surface area (Å²) >= 11 is 1.35. The van der Waals surface area contributed by atoms with Gasteiger partial charge in [0.05, 0.1) is 10.7 Å². The highest BCUT2D eigenvalue weighted by molar-refractivity contribution is 7.09. The molecular formula is C11H10FN3OS. The monoisotopic (exact) mass is 251 g/mol. The fourth-order valence-corrected chi connectivity index (χ4v) is 1.91. The number of nitrogen functional groups attached to an aromatic ring is 1. The number of aromatic nitrogens is 1. The first-order valence-electron chi connectivity index (χ1n) is 4.85. The van der Waals surface area contributed by atoms with Crippen LogP contribution in [0.15, 0.2) is 23.6 Å². The number of rotatable bonds is 2. The van der Waals surface area contributed by atoms with E-state index in [4.69, 9.17) is 5.73 Å². The molecular weight excluding hydrogens is 241 g/mol. The SMILES string of the molecule is Cc1nc(C(=O)Nc2c(N)cccc2F)cs1. The molecule has 1 aromatic heterocycles. The van der Waals surface area contributed by atoms with Crippen LogP contribution in [-0.4, -0.2) is 10.9 Å². The molecule has 17 heavy (non-hydrogen) atoms. The number of benzene rings is 1. The molecule has 4 nitrogen and oxygen atoms in total. The van der Waals surface area contributed by atoms with Crippen LogP contribution >= 0.6 is 11.3 Å². The second kappa shape index (κ2) is 4.50. The Hall–Kier alpha value is -1.95. The van der Waals surface area contributed by atoms with Crippen molar-refractivity contribution in [1.82, 2.24) is 4.98 Å². The fraction of sp³-hybridized carbons (Fsp3) is 0.0909. The minimum absolute atomic E-state index is 0.0110. The van der Waals surface area contributed by atoms with Crippen LogP contribution in [0.25, 0.3) is 0 Å². The molecule has 0 bridgehead atoms. The van der Waals surface area contributed by atoms with Gasteiger partial charge in [-0.25, -0.2) is 9.37 Å². The number of aryl methyl sites for hydroxylation is 1. The zero-order valence-corrected chi connectivity index (χ0v) is 9.84. The summed E-state index contributed by atoms with van der Waals surface area (Å²) in [7, 11) is 0. The van der Waals surface area contributed by atoms with Crippen LogP contribution in [0, 0.1) is 12.7 Å². The van der Waals surface area contributed by atoms with Gasteiger partial charge in [0.25, 0.3) is 5.91 Å². The van der Waals surface area contributed by atoms with Crippen LogP contribution in [0.5, 0.6) is 0 Å². The van der Waals surface area contributed by atoms with Crippen LogP contribution in [0.1, 0.15) is 15.5 Å². The molecule has 0 aliphatic heterocycles. The first kappa shape index (κ1) is 11.5. The number of thiazole rings is 1. The number of carbonyl (C=O) groups is 1. The number of nitrogens with one attached hydrogen (secondary N) is 1. The van der Waals surface area contributed by atoms with Gasteiger partial charge >= 0.3 is 0 Å². The number of nitrogens with zero attached hydrogens (tertiary/aromatic N) is 1. The predicted octanol–water partition coefficient (Wildman–Crippen LogP) is 2.43. The van der Waals surface area contributed by atoms with Crippen molar-refractivity contribution in [2.24, 2.45) is 0 Å². The highest BCUT2D eigenvalue weighted by Crippen LogP contribution is 2.22. The average molecular weight is 251 g/mol. The Morgan fingerprint density at radius 2 is 2.29 bits per heavy atom. The van der Waals surface area contributed by atoms with E-state index in [1.54, 1.807) is 12.3 Å². The molecule has 1 heterocycles. The number of hydrogen-bond donors (Lipinski definition) is 2. The van der Waals surface area contributed by atoms with E-state index in [1.165, 1.54) is 29.5 Å². The maximum absolute atomic E-state index is 13.4. The summed E-state index contributed by atoms with van der Waals surface area (Å²) < 4.78 is 13.4. The maximum atomic E-state index is 13.4. The summed E-state index contributed by atoms with van der Waals surface area (Å²) in [4.78, 5) is 15.8. The van der Waals surface area contributed by atoms with Crippen molar-refractivity contribution in [2.75, 3.05) is 11.1 Å². The molecule has 0 spiro atoms. The summed E-state index contributed by atoms with van der Waals surface area (Å²) in [5.41, 5.74) is 6.01. The van der Waals surface area contributed by atoms with E-state index in [-0.39, 0.29) is 17.1 Å². The van der Waals surface area contributed by atoms with Gasteiger partial charge in [0.1, 0.15) is 17.2 Å². The van der Waals surface area contributed by atoms with Crippen molar-refractivity contribution in [3.05, 3.63) is 40.1 Å². The molecule has 2 rings (SSSR count). The Bertz CT molecular complexity index is 547. The van der Waals surface area contributed by atoms with E-state index in [9.17, 15) is 9.18 Å². The molecule has 0 fully saturated rings. The molecule has 1 amide bonds. The summed E-state index contributed by atoms with van der Waals surface area (Å²) in [6, 6.07) is 4.23. The van der Waals surface area contributed by atoms with E-state index in [0.29, 0.717) is 0 Å². The quantitative estimate of drug-likeness (QED) is 0.805. The van der Waals surface area contributed by atoms with Gasteiger partial charge in [0.2, 0.25) is 0 Å². The van der Waals surface area contributed by atoms with E-state index >= 15 is 0 Å². The highest BCUT2D eigenvalue weighted by atomic mass is 32.1. The Balaban J connectivity index is 2.24. The summed E-state index contributed by atoms with van der Waals surface area (Å²) in [6.07, 6.45) is 0. The number of anilines is 2. The van der Waals surface area contributed by atoms with Gasteiger partial charge in [-0.3, -0.25) is 4.79 Å². The lowest BCUT2D eigenvalue weighted by atomic mass is 10.2. The number of amides is 1. The normalized spacial score (nSPS) is 10.2. The third-order valence-corrected chi connectivity index (χ3v) is 2.91. The first-order valence-corrected chi connectivity index (χ1v) is 5.73. The van der Waals surface area contributed by atoms with E-state index in [2.05, 4.69) is 10.3 Å². The van der Waals surface area contributed by atoms with Gasteiger partial charge in [-0.05, 0) is 19.1 Å². The molecule has 0 aliphatic carbocycles. The van der Waals surface area contributed by atoms with Crippen molar-refractivity contribution in [3.63, 3.8) is 0 Å². The van der Waals surface area contributed by atoms with Crippen molar-refractivity contribution >= 4 is 28.6 Å². The summed E-state index contributed by atoms with van der Waals surface area (Å²) in [5.74, 6) is -1.03. The smallest absolute Gasteiger partial charge is 0.275 e. The van der Waals surface area contributed by atoms with Gasteiger partial charge in [-0.2, -0.15) is 0 Å². The van der Waals surface area contributed by atoms with E-state index in [1.807, 2.05) is 0 Å². The van der Waals surface area contributed by atoms with Crippen molar-refractivity contribution in [3.8, 4) is 0 Å². The number of nitrogens with two attached hydrogens (primary N) is 1. The lowest BCUT2D eigenvalue weighted by molar-refractivity contribution is 0.102. The summed E-state index contributed by atoms with van der Waals surface area (Å²) in [6.45, 7) is 1.79. The molecule has 0 saturated heterocycles. The van der Waals surface area contributed by atoms with E-state index in [0.717, 1.165) is 5.01 Å². The van der Waals surface area contributed by atoms with Crippen LogP contribution in [0.4, 0.5) is 15.8 Å². The van der Waals surface area contributed by atoms with Crippen molar-refractivity contribution < 1.29 is 9.18 Å². The topological polar surface area (TPSA) is 68.0 Å². The lowest BCUT2D eigenvalue weighted by Gasteiger charge is -2.07. The molecule has 0 aliphatic rings. The summed E-state index contributed by atoms with van der Waals surface area (Å²) in [5, 5.41) is 4.80. The van der Waals surface area contributed by atoms with Gasteiger partial charge in [-0.1, -0.05) is 6.07 Å². The molecule has 0 saturated carbocycles. The maximum Gasteiger partial charge on any atom is 0.275 e. The molecule has 0 unspecified atom stereocenters.